The van der Waals surface area contributed by atoms with E-state index >= 15 is 0 Å². The molecule has 0 radical (unpaired) electrons. The molecule has 0 aliphatic carbocycles. The van der Waals surface area contributed by atoms with E-state index in [1.54, 1.807) is 0 Å². The molecule has 0 atom stereocenters. The molecule has 0 aromatic heterocycles. The van der Waals surface area contributed by atoms with Crippen LogP contribution < -0.4 is 0 Å². The summed E-state index contributed by atoms with van der Waals surface area (Å²) in [6.45, 7) is 0. The molecule has 0 unspecified atom stereocenters. The third-order valence-corrected chi connectivity index (χ3v) is 5.25. The summed E-state index contributed by atoms with van der Waals surface area (Å²) in [4.78, 5) is 14.7. The molecule has 0 saturated heterocycles. The van der Waals surface area contributed by atoms with E-state index in [9.17, 15) is 4.79 Å². The van der Waals surface area contributed by atoms with Crippen LogP contribution >= 0.6 is 10.9 Å². The van der Waals surface area contributed by atoms with Crippen LogP contribution in [0.4, 0.5) is 0 Å². The van der Waals surface area contributed by atoms with Crippen molar-refractivity contribution in [2.75, 3.05) is 6.26 Å². The number of carbonyl (C=O) groups is 1. The van der Waals surface area contributed by atoms with Crippen molar-refractivity contribution in [3.8, 4) is 0 Å². The van der Waals surface area contributed by atoms with Gasteiger partial charge in [-0.25, -0.2) is 10.9 Å². The normalized spacial score (nSPS) is 15.6. The van der Waals surface area contributed by atoms with Crippen molar-refractivity contribution in [1.82, 2.24) is 0 Å². The molecule has 0 bridgehead atoms. The zero-order chi connectivity index (χ0) is 11.1. The maximum Gasteiger partial charge on any atom is 0.195 e. The Bertz CT molecular complexity index is 525. The Morgan fingerprint density at radius 3 is 1.75 bits per heavy atom. The van der Waals surface area contributed by atoms with Gasteiger partial charge in [-0.15, -0.1) is 0 Å². The molecule has 80 valence electrons. The number of fused-ring (bicyclic) bond motifs is 2. The molecule has 16 heavy (non-hydrogen) atoms. The van der Waals surface area contributed by atoms with Crippen molar-refractivity contribution in [3.05, 3.63) is 59.7 Å². The van der Waals surface area contributed by atoms with E-state index in [1.807, 2.05) is 36.4 Å². The largest absolute Gasteiger partial charge is 0.289 e. The highest BCUT2D eigenvalue weighted by atomic mass is 32.2. The van der Waals surface area contributed by atoms with Crippen LogP contribution in [0.2, 0.25) is 0 Å². The van der Waals surface area contributed by atoms with Crippen LogP contribution in [0.5, 0.6) is 0 Å². The summed E-state index contributed by atoms with van der Waals surface area (Å²) in [6.07, 6.45) is 2.22. The highest BCUT2D eigenvalue weighted by molar-refractivity contribution is 8.16. The zero-order valence-corrected chi connectivity index (χ0v) is 9.87. The van der Waals surface area contributed by atoms with Gasteiger partial charge in [0.2, 0.25) is 0 Å². The molecule has 1 aliphatic heterocycles. The van der Waals surface area contributed by atoms with Gasteiger partial charge in [-0.2, -0.15) is 0 Å². The second-order valence-electron chi connectivity index (χ2n) is 3.92. The lowest BCUT2D eigenvalue weighted by atomic mass is 10.0. The summed E-state index contributed by atoms with van der Waals surface area (Å²) >= 11 is 0. The fourth-order valence-corrected chi connectivity index (χ4v) is 4.14. The van der Waals surface area contributed by atoms with E-state index < -0.39 is 0 Å². The van der Waals surface area contributed by atoms with E-state index in [-0.39, 0.29) is 16.7 Å². The number of benzene rings is 2. The molecular formula is C14H12OS. The van der Waals surface area contributed by atoms with Crippen LogP contribution in [-0.4, -0.2) is 12.0 Å². The van der Waals surface area contributed by atoms with E-state index in [0.29, 0.717) is 0 Å². The molecule has 0 fully saturated rings. The van der Waals surface area contributed by atoms with Crippen molar-refractivity contribution in [2.24, 2.45) is 0 Å². The Kier molecular flexibility index (Phi) is 2.11. The quantitative estimate of drug-likeness (QED) is 0.685. The fraction of sp³-hybridized carbons (Fsp3) is 0.0714. The molecule has 3 rings (SSSR count). The van der Waals surface area contributed by atoms with E-state index in [2.05, 4.69) is 18.4 Å². The maximum atomic E-state index is 12.3. The molecule has 0 saturated carbocycles. The number of carbonyl (C=O) groups excluding carboxylic acids is 1. The number of hydrogen-bond acceptors (Lipinski definition) is 1. The smallest absolute Gasteiger partial charge is 0.195 e. The lowest BCUT2D eigenvalue weighted by molar-refractivity contribution is 0.103. The van der Waals surface area contributed by atoms with Crippen molar-refractivity contribution >= 4 is 16.7 Å². The monoisotopic (exact) mass is 228 g/mol. The lowest BCUT2D eigenvalue weighted by Crippen LogP contribution is -2.11. The van der Waals surface area contributed by atoms with Crippen LogP contribution in [0.1, 0.15) is 15.9 Å². The van der Waals surface area contributed by atoms with Gasteiger partial charge in [0, 0.05) is 20.9 Å². The van der Waals surface area contributed by atoms with Gasteiger partial charge in [-0.3, -0.25) is 4.79 Å². The number of rotatable bonds is 0. The third kappa shape index (κ3) is 1.23. The Morgan fingerprint density at radius 1 is 0.812 bits per heavy atom. The maximum absolute atomic E-state index is 12.3. The van der Waals surface area contributed by atoms with Crippen molar-refractivity contribution in [2.45, 2.75) is 9.79 Å². The SMILES string of the molecule is C[SH]1c2ccccc2C(=O)c2ccccc21. The highest BCUT2D eigenvalue weighted by Gasteiger charge is 2.25. The molecular weight excluding hydrogens is 216 g/mol. The number of ketones is 1. The van der Waals surface area contributed by atoms with Gasteiger partial charge in [0.25, 0.3) is 0 Å². The van der Waals surface area contributed by atoms with Crippen molar-refractivity contribution in [3.63, 3.8) is 0 Å². The molecule has 0 amide bonds. The zero-order valence-electron chi connectivity index (χ0n) is 8.97. The molecule has 2 aromatic carbocycles. The average molecular weight is 228 g/mol. The minimum atomic E-state index is -0.371. The molecule has 0 N–H and O–H groups in total. The standard InChI is InChI=1S/C14H12OS/c1-16-12-8-4-2-6-10(12)14(15)11-7-3-5-9-13(11)16/h2-9,16H,1H3. The summed E-state index contributed by atoms with van der Waals surface area (Å²) in [5, 5.41) is 0. The molecule has 2 aromatic rings. The van der Waals surface area contributed by atoms with Gasteiger partial charge in [-0.1, -0.05) is 24.3 Å². The Morgan fingerprint density at radius 2 is 1.25 bits per heavy atom. The van der Waals surface area contributed by atoms with Crippen LogP contribution in [0.25, 0.3) is 0 Å². The number of hydrogen-bond donors (Lipinski definition) is 1. The first-order valence-corrected chi connectivity index (χ1v) is 7.04. The van der Waals surface area contributed by atoms with Crippen molar-refractivity contribution in [1.29, 1.82) is 0 Å². The van der Waals surface area contributed by atoms with Gasteiger partial charge < -0.3 is 0 Å². The fourth-order valence-electron chi connectivity index (χ4n) is 2.19. The first kappa shape index (κ1) is 9.67. The summed E-state index contributed by atoms with van der Waals surface area (Å²) in [5.41, 5.74) is 1.77. The van der Waals surface area contributed by atoms with E-state index in [4.69, 9.17) is 0 Å². The second-order valence-corrected chi connectivity index (χ2v) is 6.00. The van der Waals surface area contributed by atoms with Gasteiger partial charge in [-0.05, 0) is 30.5 Å². The lowest BCUT2D eigenvalue weighted by Gasteiger charge is -2.27. The van der Waals surface area contributed by atoms with Gasteiger partial charge in [0.05, 0.1) is 0 Å². The van der Waals surface area contributed by atoms with Crippen LogP contribution in [-0.2, 0) is 0 Å². The van der Waals surface area contributed by atoms with Crippen molar-refractivity contribution < 1.29 is 4.79 Å². The summed E-state index contributed by atoms with van der Waals surface area (Å²) in [5.74, 6) is 0.173. The highest BCUT2D eigenvalue weighted by Crippen LogP contribution is 2.48. The molecule has 1 aliphatic rings. The minimum Gasteiger partial charge on any atom is -0.289 e. The second kappa shape index (κ2) is 3.49. The summed E-state index contributed by atoms with van der Waals surface area (Å²) in [6, 6.07) is 15.9. The minimum absolute atomic E-state index is 0.173. The predicted molar refractivity (Wildman–Crippen MR) is 67.8 cm³/mol. The third-order valence-electron chi connectivity index (χ3n) is 3.02. The van der Waals surface area contributed by atoms with Gasteiger partial charge in [0.15, 0.2) is 5.78 Å². The van der Waals surface area contributed by atoms with Gasteiger partial charge >= 0.3 is 0 Å². The van der Waals surface area contributed by atoms with E-state index in [1.165, 1.54) is 9.79 Å². The summed E-state index contributed by atoms with van der Waals surface area (Å²) in [7, 11) is -0.371. The van der Waals surface area contributed by atoms with Crippen LogP contribution in [0, 0.1) is 0 Å². The number of thiol groups is 1. The van der Waals surface area contributed by atoms with Gasteiger partial charge in [0.1, 0.15) is 0 Å². The first-order valence-electron chi connectivity index (χ1n) is 5.25. The average Bonchev–Trinajstić information content (AvgIpc) is 2.36. The summed E-state index contributed by atoms with van der Waals surface area (Å²) < 4.78 is 0. The molecule has 1 nitrogen and oxygen atoms in total. The van der Waals surface area contributed by atoms with Crippen LogP contribution in [0.15, 0.2) is 58.3 Å². The topological polar surface area (TPSA) is 17.1 Å². The first-order chi connectivity index (χ1) is 7.79. The van der Waals surface area contributed by atoms with E-state index in [0.717, 1.165) is 11.1 Å². The van der Waals surface area contributed by atoms with Crippen LogP contribution in [0.3, 0.4) is 0 Å². The molecule has 1 heterocycles. The Hall–Kier alpha value is -1.54. The predicted octanol–water partition coefficient (Wildman–Crippen LogP) is 3.28. The Balaban J connectivity index is 2.30. The molecule has 0 spiro atoms. The molecule has 2 heteroatoms. The Labute approximate surface area is 97.5 Å².